The van der Waals surface area contributed by atoms with Crippen LogP contribution in [0.2, 0.25) is 0 Å². The molecule has 8 heteroatoms. The predicted molar refractivity (Wildman–Crippen MR) is 103 cm³/mol. The third kappa shape index (κ3) is 4.52. The van der Waals surface area contributed by atoms with Crippen LogP contribution in [0.15, 0.2) is 48.5 Å². The number of nitrogens with zero attached hydrogens (tertiary/aromatic N) is 3. The van der Waals surface area contributed by atoms with Gasteiger partial charge in [0.1, 0.15) is 12.4 Å². The number of methoxy groups -OCH3 is 1. The standard InChI is InChI=1S/C20H21FN4O3/c1-13(2)28-20-23-19(16-9-4-5-10-17(16)21)25(24-20)15-8-6-7-14(11-15)22-18(26)12-27-3/h4-11,13H,12H2,1-3H3,(H,22,26). The lowest BCUT2D eigenvalue weighted by Gasteiger charge is -2.09. The largest absolute Gasteiger partial charge is 0.460 e. The van der Waals surface area contributed by atoms with Crippen molar-refractivity contribution in [3.8, 4) is 23.1 Å². The van der Waals surface area contributed by atoms with Gasteiger partial charge < -0.3 is 14.8 Å². The second-order valence-electron chi connectivity index (χ2n) is 6.31. The van der Waals surface area contributed by atoms with Crippen molar-refractivity contribution in [2.24, 2.45) is 0 Å². The van der Waals surface area contributed by atoms with Crippen LogP contribution in [-0.2, 0) is 9.53 Å². The van der Waals surface area contributed by atoms with Gasteiger partial charge in [-0.25, -0.2) is 9.07 Å². The highest BCUT2D eigenvalue weighted by atomic mass is 19.1. The molecular formula is C20H21FN4O3. The van der Waals surface area contributed by atoms with Crippen molar-refractivity contribution in [1.29, 1.82) is 0 Å². The predicted octanol–water partition coefficient (Wildman–Crippen LogP) is 3.45. The van der Waals surface area contributed by atoms with Gasteiger partial charge in [-0.2, -0.15) is 4.98 Å². The van der Waals surface area contributed by atoms with Crippen LogP contribution in [-0.4, -0.2) is 40.5 Å². The maximum atomic E-state index is 14.4. The smallest absolute Gasteiger partial charge is 0.336 e. The Kier molecular flexibility index (Phi) is 6.00. The Labute approximate surface area is 162 Å². The highest BCUT2D eigenvalue weighted by Gasteiger charge is 2.18. The molecule has 146 valence electrons. The number of carbonyl (C=O) groups is 1. The number of ether oxygens (including phenoxy) is 2. The number of hydrogen-bond acceptors (Lipinski definition) is 5. The number of hydrogen-bond donors (Lipinski definition) is 1. The van der Waals surface area contributed by atoms with E-state index in [2.05, 4.69) is 15.4 Å². The van der Waals surface area contributed by atoms with Gasteiger partial charge >= 0.3 is 6.01 Å². The molecule has 0 unspecified atom stereocenters. The van der Waals surface area contributed by atoms with E-state index >= 15 is 0 Å². The number of anilines is 1. The zero-order valence-corrected chi connectivity index (χ0v) is 15.8. The third-order valence-electron chi connectivity index (χ3n) is 3.69. The van der Waals surface area contributed by atoms with E-state index in [1.807, 2.05) is 13.8 Å². The summed E-state index contributed by atoms with van der Waals surface area (Å²) in [5, 5.41) is 7.11. The highest BCUT2D eigenvalue weighted by molar-refractivity contribution is 5.91. The molecule has 0 aliphatic rings. The van der Waals surface area contributed by atoms with Crippen LogP contribution in [0.1, 0.15) is 13.8 Å². The quantitative estimate of drug-likeness (QED) is 0.675. The van der Waals surface area contributed by atoms with E-state index in [-0.39, 0.29) is 24.6 Å². The first-order chi connectivity index (χ1) is 13.5. The van der Waals surface area contributed by atoms with Gasteiger partial charge in [-0.1, -0.05) is 18.2 Å². The molecule has 0 spiro atoms. The van der Waals surface area contributed by atoms with Crippen LogP contribution in [0.25, 0.3) is 17.1 Å². The summed E-state index contributed by atoms with van der Waals surface area (Å²) in [4.78, 5) is 16.1. The number of aromatic nitrogens is 3. The minimum atomic E-state index is -0.420. The van der Waals surface area contributed by atoms with Crippen LogP contribution in [0, 0.1) is 5.82 Å². The second-order valence-corrected chi connectivity index (χ2v) is 6.31. The number of halogens is 1. The van der Waals surface area contributed by atoms with E-state index in [0.717, 1.165) is 0 Å². The summed E-state index contributed by atoms with van der Waals surface area (Å²) in [6.45, 7) is 3.66. The molecule has 0 saturated carbocycles. The van der Waals surface area contributed by atoms with Gasteiger partial charge in [0, 0.05) is 12.8 Å². The fourth-order valence-electron chi connectivity index (χ4n) is 2.59. The fourth-order valence-corrected chi connectivity index (χ4v) is 2.59. The lowest BCUT2D eigenvalue weighted by Crippen LogP contribution is -2.17. The molecule has 3 rings (SSSR count). The summed E-state index contributed by atoms with van der Waals surface area (Å²) in [5.41, 5.74) is 1.45. The molecule has 1 N–H and O–H groups in total. The Morgan fingerprint density at radius 1 is 1.21 bits per heavy atom. The molecule has 0 aliphatic carbocycles. The number of carbonyl (C=O) groups excluding carboxylic acids is 1. The van der Waals surface area contributed by atoms with Crippen molar-refractivity contribution in [2.45, 2.75) is 20.0 Å². The van der Waals surface area contributed by atoms with Crippen LogP contribution in [0.4, 0.5) is 10.1 Å². The molecule has 0 radical (unpaired) electrons. The van der Waals surface area contributed by atoms with E-state index in [9.17, 15) is 9.18 Å². The summed E-state index contributed by atoms with van der Waals surface area (Å²) in [6.07, 6.45) is -0.135. The molecule has 1 amide bonds. The minimum Gasteiger partial charge on any atom is -0.460 e. The first-order valence-electron chi connectivity index (χ1n) is 8.75. The molecule has 1 heterocycles. The molecular weight excluding hydrogens is 363 g/mol. The van der Waals surface area contributed by atoms with E-state index in [1.165, 1.54) is 17.9 Å². The molecule has 0 fully saturated rings. The second kappa shape index (κ2) is 8.62. The average Bonchev–Trinajstić information content (AvgIpc) is 3.05. The van der Waals surface area contributed by atoms with E-state index in [0.29, 0.717) is 22.8 Å². The van der Waals surface area contributed by atoms with Crippen LogP contribution >= 0.6 is 0 Å². The van der Waals surface area contributed by atoms with E-state index < -0.39 is 5.82 Å². The monoisotopic (exact) mass is 384 g/mol. The number of benzene rings is 2. The molecule has 1 aromatic heterocycles. The van der Waals surface area contributed by atoms with Gasteiger partial charge in [-0.15, -0.1) is 5.10 Å². The Morgan fingerprint density at radius 3 is 2.71 bits per heavy atom. The molecule has 0 atom stereocenters. The van der Waals surface area contributed by atoms with Crippen molar-refractivity contribution in [3.63, 3.8) is 0 Å². The third-order valence-corrected chi connectivity index (χ3v) is 3.69. The maximum absolute atomic E-state index is 14.4. The van der Waals surface area contributed by atoms with Gasteiger partial charge in [-0.3, -0.25) is 4.79 Å². The normalized spacial score (nSPS) is 10.9. The number of rotatable bonds is 7. The zero-order chi connectivity index (χ0) is 20.1. The molecule has 0 saturated heterocycles. The average molecular weight is 384 g/mol. The maximum Gasteiger partial charge on any atom is 0.336 e. The first-order valence-corrected chi connectivity index (χ1v) is 8.75. The molecule has 7 nitrogen and oxygen atoms in total. The van der Waals surface area contributed by atoms with E-state index in [1.54, 1.807) is 42.5 Å². The van der Waals surface area contributed by atoms with Gasteiger partial charge in [0.15, 0.2) is 5.82 Å². The number of nitrogens with one attached hydrogen (secondary N) is 1. The Morgan fingerprint density at radius 2 is 2.00 bits per heavy atom. The van der Waals surface area contributed by atoms with Gasteiger partial charge in [0.2, 0.25) is 5.91 Å². The summed E-state index contributed by atoms with van der Waals surface area (Å²) < 4.78 is 26.3. The SMILES string of the molecule is COCC(=O)Nc1cccc(-n2nc(OC(C)C)nc2-c2ccccc2F)c1. The lowest BCUT2D eigenvalue weighted by molar-refractivity contribution is -0.119. The summed E-state index contributed by atoms with van der Waals surface area (Å²) in [7, 11) is 1.45. The van der Waals surface area contributed by atoms with Gasteiger partial charge in [0.25, 0.3) is 0 Å². The van der Waals surface area contributed by atoms with Crippen molar-refractivity contribution in [1.82, 2.24) is 14.8 Å². The van der Waals surface area contributed by atoms with Crippen molar-refractivity contribution >= 4 is 11.6 Å². The molecule has 0 bridgehead atoms. The molecule has 0 aliphatic heterocycles. The topological polar surface area (TPSA) is 78.3 Å². The summed E-state index contributed by atoms with van der Waals surface area (Å²) in [5.74, 6) is -0.401. The van der Waals surface area contributed by atoms with Crippen LogP contribution < -0.4 is 10.1 Å². The van der Waals surface area contributed by atoms with Crippen LogP contribution in [0.5, 0.6) is 6.01 Å². The zero-order valence-electron chi connectivity index (χ0n) is 15.8. The number of amides is 1. The van der Waals surface area contributed by atoms with Crippen molar-refractivity contribution in [2.75, 3.05) is 19.0 Å². The van der Waals surface area contributed by atoms with Crippen molar-refractivity contribution < 1.29 is 18.7 Å². The Bertz CT molecular complexity index is 972. The first kappa shape index (κ1) is 19.5. The Hall–Kier alpha value is -3.26. The molecule has 3 aromatic rings. The molecule has 28 heavy (non-hydrogen) atoms. The highest BCUT2D eigenvalue weighted by Crippen LogP contribution is 2.27. The fraction of sp³-hybridized carbons (Fsp3) is 0.250. The Balaban J connectivity index is 2.04. The molecule has 2 aromatic carbocycles. The van der Waals surface area contributed by atoms with Crippen LogP contribution in [0.3, 0.4) is 0 Å². The minimum absolute atomic E-state index is 0.0552. The van der Waals surface area contributed by atoms with Crippen molar-refractivity contribution in [3.05, 3.63) is 54.3 Å². The summed E-state index contributed by atoms with van der Waals surface area (Å²) in [6, 6.07) is 13.4. The van der Waals surface area contributed by atoms with E-state index in [4.69, 9.17) is 9.47 Å². The summed E-state index contributed by atoms with van der Waals surface area (Å²) >= 11 is 0. The van der Waals surface area contributed by atoms with Gasteiger partial charge in [-0.05, 0) is 44.2 Å². The van der Waals surface area contributed by atoms with Gasteiger partial charge in [0.05, 0.1) is 17.4 Å². The lowest BCUT2D eigenvalue weighted by atomic mass is 10.2.